The Bertz CT molecular complexity index is 463. The third-order valence-corrected chi connectivity index (χ3v) is 3.16. The third-order valence-electron chi connectivity index (χ3n) is 2.69. The maximum atomic E-state index is 12.2. The Morgan fingerprint density at radius 1 is 1.50 bits per heavy atom. The molecule has 0 radical (unpaired) electrons. The molecule has 18 heavy (non-hydrogen) atoms. The first-order chi connectivity index (χ1) is 8.59. The molecule has 1 aromatic heterocycles. The Morgan fingerprint density at radius 2 is 2.28 bits per heavy atom. The monoisotopic (exact) mass is 313 g/mol. The van der Waals surface area contributed by atoms with Crippen molar-refractivity contribution in [1.82, 2.24) is 9.88 Å². The van der Waals surface area contributed by atoms with Crippen LogP contribution in [0.1, 0.15) is 10.4 Å². The van der Waals surface area contributed by atoms with Crippen LogP contribution in [-0.2, 0) is 9.53 Å². The number of carbonyl (C=O) groups excluding carboxylic acids is 2. The Balaban J connectivity index is 2.20. The largest absolute Gasteiger partial charge is 0.377 e. The summed E-state index contributed by atoms with van der Waals surface area (Å²) in [5.74, 6) is -0.824. The van der Waals surface area contributed by atoms with Crippen LogP contribution in [0.25, 0.3) is 0 Å². The second-order valence-electron chi connectivity index (χ2n) is 3.86. The van der Waals surface area contributed by atoms with Crippen molar-refractivity contribution in [3.63, 3.8) is 0 Å². The maximum absolute atomic E-state index is 12.2. The highest BCUT2D eigenvalue weighted by Crippen LogP contribution is 2.13. The molecule has 1 aliphatic rings. The summed E-state index contributed by atoms with van der Waals surface area (Å²) in [4.78, 5) is 28.9. The Kier molecular flexibility index (Phi) is 3.93. The lowest BCUT2D eigenvalue weighted by atomic mass is 10.1. The van der Waals surface area contributed by atoms with E-state index >= 15 is 0 Å². The molecule has 2 rings (SSSR count). The predicted octanol–water partition coefficient (Wildman–Crippen LogP) is 0.170. The summed E-state index contributed by atoms with van der Waals surface area (Å²) >= 11 is 3.20. The fourth-order valence-electron chi connectivity index (χ4n) is 1.75. The van der Waals surface area contributed by atoms with Crippen LogP contribution in [0, 0.1) is 0 Å². The molecular formula is C11H12BrN3O3. The number of primary amides is 1. The molecule has 1 saturated heterocycles. The van der Waals surface area contributed by atoms with Crippen LogP contribution >= 0.6 is 15.9 Å². The SMILES string of the molecule is NC(=O)C1COCCN1C(=O)c1ccc(Br)nc1. The molecule has 0 bridgehead atoms. The number of hydrogen-bond acceptors (Lipinski definition) is 4. The quantitative estimate of drug-likeness (QED) is 0.789. The standard InChI is InChI=1S/C11H12BrN3O3/c12-9-2-1-7(5-14-9)11(17)15-3-4-18-6-8(15)10(13)16/h1-2,5,8H,3-4,6H2,(H2,13,16). The lowest BCUT2D eigenvalue weighted by Crippen LogP contribution is -2.54. The highest BCUT2D eigenvalue weighted by atomic mass is 79.9. The minimum atomic E-state index is -0.713. The number of rotatable bonds is 2. The predicted molar refractivity (Wildman–Crippen MR) is 66.8 cm³/mol. The summed E-state index contributed by atoms with van der Waals surface area (Å²) in [6.45, 7) is 0.896. The van der Waals surface area contributed by atoms with Crippen molar-refractivity contribution >= 4 is 27.7 Å². The number of ether oxygens (including phenoxy) is 1. The van der Waals surface area contributed by atoms with E-state index in [1.54, 1.807) is 12.1 Å². The Labute approximate surface area is 112 Å². The summed E-state index contributed by atoms with van der Waals surface area (Å²) in [6, 6.07) is 2.61. The molecule has 7 heteroatoms. The van der Waals surface area contributed by atoms with Gasteiger partial charge in [0, 0.05) is 12.7 Å². The van der Waals surface area contributed by atoms with Crippen LogP contribution in [0.2, 0.25) is 0 Å². The van der Waals surface area contributed by atoms with Gasteiger partial charge in [0.2, 0.25) is 5.91 Å². The van der Waals surface area contributed by atoms with E-state index in [1.807, 2.05) is 0 Å². The van der Waals surface area contributed by atoms with Gasteiger partial charge in [-0.05, 0) is 28.1 Å². The number of nitrogens with two attached hydrogens (primary N) is 1. The lowest BCUT2D eigenvalue weighted by molar-refractivity contribution is -0.127. The summed E-state index contributed by atoms with van der Waals surface area (Å²) < 4.78 is 5.81. The molecule has 1 aliphatic heterocycles. The molecule has 96 valence electrons. The van der Waals surface area contributed by atoms with Crippen LogP contribution in [-0.4, -0.2) is 47.5 Å². The second-order valence-corrected chi connectivity index (χ2v) is 4.67. The minimum absolute atomic E-state index is 0.144. The molecule has 0 aliphatic carbocycles. The topological polar surface area (TPSA) is 85.5 Å². The van der Waals surface area contributed by atoms with Crippen LogP contribution in [0.4, 0.5) is 0 Å². The van der Waals surface area contributed by atoms with E-state index in [1.165, 1.54) is 11.1 Å². The van der Waals surface area contributed by atoms with E-state index in [0.717, 1.165) is 0 Å². The van der Waals surface area contributed by atoms with Gasteiger partial charge in [-0.3, -0.25) is 9.59 Å². The van der Waals surface area contributed by atoms with E-state index in [-0.39, 0.29) is 12.5 Å². The van der Waals surface area contributed by atoms with E-state index < -0.39 is 11.9 Å². The molecule has 1 atom stereocenters. The maximum Gasteiger partial charge on any atom is 0.256 e. The average molecular weight is 314 g/mol. The van der Waals surface area contributed by atoms with Crippen molar-refractivity contribution in [3.8, 4) is 0 Å². The van der Waals surface area contributed by atoms with E-state index in [0.29, 0.717) is 23.3 Å². The minimum Gasteiger partial charge on any atom is -0.377 e. The normalized spacial score (nSPS) is 19.6. The number of nitrogens with zero attached hydrogens (tertiary/aromatic N) is 2. The van der Waals surface area contributed by atoms with Gasteiger partial charge < -0.3 is 15.4 Å². The smallest absolute Gasteiger partial charge is 0.256 e. The third kappa shape index (κ3) is 2.68. The van der Waals surface area contributed by atoms with Gasteiger partial charge in [-0.2, -0.15) is 0 Å². The summed E-state index contributed by atoms with van der Waals surface area (Å²) in [5, 5.41) is 0. The Morgan fingerprint density at radius 3 is 2.89 bits per heavy atom. The van der Waals surface area contributed by atoms with Gasteiger partial charge in [0.25, 0.3) is 5.91 Å². The van der Waals surface area contributed by atoms with E-state index in [4.69, 9.17) is 10.5 Å². The zero-order valence-electron chi connectivity index (χ0n) is 9.51. The van der Waals surface area contributed by atoms with Crippen molar-refractivity contribution < 1.29 is 14.3 Å². The van der Waals surface area contributed by atoms with E-state index in [9.17, 15) is 9.59 Å². The zero-order chi connectivity index (χ0) is 13.1. The first kappa shape index (κ1) is 13.0. The van der Waals surface area contributed by atoms with Crippen LogP contribution in [0.15, 0.2) is 22.9 Å². The summed E-state index contributed by atoms with van der Waals surface area (Å²) in [5.41, 5.74) is 5.68. The molecule has 0 aromatic carbocycles. The van der Waals surface area contributed by atoms with Crippen molar-refractivity contribution in [2.24, 2.45) is 5.73 Å². The highest BCUT2D eigenvalue weighted by Gasteiger charge is 2.31. The molecule has 1 fully saturated rings. The van der Waals surface area contributed by atoms with Crippen LogP contribution in [0.5, 0.6) is 0 Å². The lowest BCUT2D eigenvalue weighted by Gasteiger charge is -2.33. The average Bonchev–Trinajstić information content (AvgIpc) is 2.39. The van der Waals surface area contributed by atoms with Crippen molar-refractivity contribution in [2.75, 3.05) is 19.8 Å². The number of amides is 2. The number of hydrogen-bond donors (Lipinski definition) is 1. The molecule has 2 amide bonds. The van der Waals surface area contributed by atoms with Gasteiger partial charge in [-0.25, -0.2) is 4.98 Å². The van der Waals surface area contributed by atoms with E-state index in [2.05, 4.69) is 20.9 Å². The molecule has 0 spiro atoms. The van der Waals surface area contributed by atoms with Gasteiger partial charge in [0.05, 0.1) is 18.8 Å². The number of carbonyl (C=O) groups is 2. The molecule has 0 saturated carbocycles. The number of halogens is 1. The number of pyridine rings is 1. The van der Waals surface area contributed by atoms with Gasteiger partial charge in [-0.15, -0.1) is 0 Å². The fraction of sp³-hybridized carbons (Fsp3) is 0.364. The zero-order valence-corrected chi connectivity index (χ0v) is 11.1. The van der Waals surface area contributed by atoms with Crippen LogP contribution < -0.4 is 5.73 Å². The highest BCUT2D eigenvalue weighted by molar-refractivity contribution is 9.10. The summed E-state index contributed by atoms with van der Waals surface area (Å²) in [6.07, 6.45) is 1.46. The van der Waals surface area contributed by atoms with Crippen LogP contribution in [0.3, 0.4) is 0 Å². The van der Waals surface area contributed by atoms with Crippen molar-refractivity contribution in [2.45, 2.75) is 6.04 Å². The number of morpholine rings is 1. The molecule has 1 aromatic rings. The second kappa shape index (κ2) is 5.45. The van der Waals surface area contributed by atoms with Crippen molar-refractivity contribution in [1.29, 1.82) is 0 Å². The molecule has 1 unspecified atom stereocenters. The Hall–Kier alpha value is -1.47. The van der Waals surface area contributed by atoms with Gasteiger partial charge in [0.1, 0.15) is 10.6 Å². The molecular weight excluding hydrogens is 302 g/mol. The van der Waals surface area contributed by atoms with Gasteiger partial charge in [0.15, 0.2) is 0 Å². The first-order valence-corrected chi connectivity index (χ1v) is 6.18. The van der Waals surface area contributed by atoms with Gasteiger partial charge >= 0.3 is 0 Å². The molecule has 2 heterocycles. The first-order valence-electron chi connectivity index (χ1n) is 5.39. The number of aromatic nitrogens is 1. The molecule has 2 N–H and O–H groups in total. The van der Waals surface area contributed by atoms with Gasteiger partial charge in [-0.1, -0.05) is 0 Å². The molecule has 6 nitrogen and oxygen atoms in total. The van der Waals surface area contributed by atoms with Crippen molar-refractivity contribution in [3.05, 3.63) is 28.5 Å². The summed E-state index contributed by atoms with van der Waals surface area (Å²) in [7, 11) is 0. The fourth-order valence-corrected chi connectivity index (χ4v) is 1.99.